The summed E-state index contributed by atoms with van der Waals surface area (Å²) in [4.78, 5) is 6.98. The van der Waals surface area contributed by atoms with E-state index < -0.39 is 5.41 Å². The lowest BCUT2D eigenvalue weighted by Crippen LogP contribution is -2.44. The van der Waals surface area contributed by atoms with E-state index in [0.717, 1.165) is 41.9 Å². The minimum absolute atomic E-state index is 0.268. The Labute approximate surface area is 134 Å². The van der Waals surface area contributed by atoms with Gasteiger partial charge in [0, 0.05) is 18.5 Å². The Bertz CT molecular complexity index is 758. The maximum absolute atomic E-state index is 9.85. The monoisotopic (exact) mass is 312 g/mol. The quantitative estimate of drug-likeness (QED) is 0.858. The van der Waals surface area contributed by atoms with Gasteiger partial charge < -0.3 is 15.0 Å². The molecule has 2 aromatic heterocycles. The van der Waals surface area contributed by atoms with Crippen molar-refractivity contribution in [3.8, 4) is 6.07 Å². The van der Waals surface area contributed by atoms with Gasteiger partial charge in [-0.2, -0.15) is 10.4 Å². The van der Waals surface area contributed by atoms with Crippen LogP contribution in [0.3, 0.4) is 0 Å². The van der Waals surface area contributed by atoms with E-state index in [-0.39, 0.29) is 6.04 Å². The average Bonchev–Trinajstić information content (AvgIpc) is 3.24. The van der Waals surface area contributed by atoms with Gasteiger partial charge in [0.2, 0.25) is 0 Å². The Hall–Kier alpha value is -2.17. The van der Waals surface area contributed by atoms with Gasteiger partial charge in [-0.15, -0.1) is 0 Å². The van der Waals surface area contributed by atoms with Crippen LogP contribution in [0.2, 0.25) is 0 Å². The Morgan fingerprint density at radius 2 is 2.43 bits per heavy atom. The standard InChI is InChI=1S/C16H20N6O/c1-11-8-23-5-4-22(11)14-6-13(12-7-19-21-15(12)20-14)16(9-17)2-3-18-10-16/h6-7,11,18H,2-5,8,10H2,1H3,(H,19,20,21)/t11-,16?/m1/s1. The number of fused-ring (bicyclic) bond motifs is 1. The van der Waals surface area contributed by atoms with E-state index in [2.05, 4.69) is 39.5 Å². The highest BCUT2D eigenvalue weighted by Crippen LogP contribution is 2.36. The molecule has 2 fully saturated rings. The van der Waals surface area contributed by atoms with Crippen LogP contribution in [-0.2, 0) is 10.2 Å². The summed E-state index contributed by atoms with van der Waals surface area (Å²) in [5.74, 6) is 0.897. The highest BCUT2D eigenvalue weighted by atomic mass is 16.5. The van der Waals surface area contributed by atoms with E-state index in [0.29, 0.717) is 19.8 Å². The minimum atomic E-state index is -0.505. The molecule has 120 valence electrons. The first-order chi connectivity index (χ1) is 11.2. The van der Waals surface area contributed by atoms with Crippen molar-refractivity contribution >= 4 is 16.9 Å². The summed E-state index contributed by atoms with van der Waals surface area (Å²) < 4.78 is 5.53. The fraction of sp³-hybridized carbons (Fsp3) is 0.562. The van der Waals surface area contributed by atoms with Crippen molar-refractivity contribution in [3.05, 3.63) is 17.8 Å². The molecule has 0 radical (unpaired) electrons. The molecule has 23 heavy (non-hydrogen) atoms. The highest BCUT2D eigenvalue weighted by Gasteiger charge is 2.38. The predicted octanol–water partition coefficient (Wildman–Crippen LogP) is 0.938. The fourth-order valence-corrected chi connectivity index (χ4v) is 3.60. The van der Waals surface area contributed by atoms with Gasteiger partial charge in [0.25, 0.3) is 0 Å². The molecule has 2 N–H and O–H groups in total. The van der Waals surface area contributed by atoms with E-state index in [4.69, 9.17) is 9.72 Å². The number of nitrogens with one attached hydrogen (secondary N) is 2. The number of H-pyrrole nitrogens is 1. The third-order valence-corrected chi connectivity index (χ3v) is 4.96. The molecule has 4 heterocycles. The number of hydrogen-bond acceptors (Lipinski definition) is 6. The van der Waals surface area contributed by atoms with Crippen molar-refractivity contribution in [3.63, 3.8) is 0 Å². The SMILES string of the molecule is C[C@@H]1COCCN1c1cc(C2(C#N)CCNC2)c2cn[nH]c2n1. The first kappa shape index (κ1) is 14.4. The van der Waals surface area contributed by atoms with Gasteiger partial charge in [0.1, 0.15) is 5.82 Å². The number of morpholine rings is 1. The Morgan fingerprint density at radius 1 is 1.52 bits per heavy atom. The molecule has 2 aliphatic heterocycles. The van der Waals surface area contributed by atoms with Gasteiger partial charge >= 0.3 is 0 Å². The first-order valence-corrected chi connectivity index (χ1v) is 8.04. The summed E-state index contributed by atoms with van der Waals surface area (Å²) >= 11 is 0. The number of hydrogen-bond donors (Lipinski definition) is 2. The number of nitrogens with zero attached hydrogens (tertiary/aromatic N) is 4. The van der Waals surface area contributed by atoms with Crippen LogP contribution in [0.1, 0.15) is 18.9 Å². The molecular weight excluding hydrogens is 292 g/mol. The van der Waals surface area contributed by atoms with Crippen LogP contribution in [0.15, 0.2) is 12.3 Å². The third kappa shape index (κ3) is 2.26. The summed E-state index contributed by atoms with van der Waals surface area (Å²) in [5, 5.41) is 21.2. The molecule has 2 aromatic rings. The molecule has 0 spiro atoms. The molecular formula is C16H20N6O. The van der Waals surface area contributed by atoms with Crippen LogP contribution in [0.25, 0.3) is 11.0 Å². The number of aromatic amines is 1. The van der Waals surface area contributed by atoms with Crippen molar-refractivity contribution in [2.45, 2.75) is 24.8 Å². The highest BCUT2D eigenvalue weighted by molar-refractivity contribution is 5.82. The second-order valence-corrected chi connectivity index (χ2v) is 6.40. The molecule has 7 nitrogen and oxygen atoms in total. The summed E-state index contributed by atoms with van der Waals surface area (Å²) in [7, 11) is 0. The predicted molar refractivity (Wildman–Crippen MR) is 86.3 cm³/mol. The molecule has 0 bridgehead atoms. The lowest BCUT2D eigenvalue weighted by molar-refractivity contribution is 0.0985. The van der Waals surface area contributed by atoms with Gasteiger partial charge in [-0.3, -0.25) is 5.10 Å². The number of rotatable bonds is 2. The van der Waals surface area contributed by atoms with E-state index >= 15 is 0 Å². The zero-order valence-electron chi connectivity index (χ0n) is 13.2. The van der Waals surface area contributed by atoms with Crippen LogP contribution in [0, 0.1) is 11.3 Å². The van der Waals surface area contributed by atoms with Gasteiger partial charge in [0.05, 0.1) is 36.9 Å². The van der Waals surface area contributed by atoms with Crippen LogP contribution in [0.4, 0.5) is 5.82 Å². The number of ether oxygens (including phenoxy) is 1. The minimum Gasteiger partial charge on any atom is -0.377 e. The molecule has 4 rings (SSSR count). The maximum atomic E-state index is 9.85. The van der Waals surface area contributed by atoms with Crippen molar-refractivity contribution in [2.24, 2.45) is 0 Å². The van der Waals surface area contributed by atoms with Crippen molar-refractivity contribution < 1.29 is 4.74 Å². The number of aromatic nitrogens is 3. The van der Waals surface area contributed by atoms with Gasteiger partial charge in [-0.1, -0.05) is 0 Å². The fourth-order valence-electron chi connectivity index (χ4n) is 3.60. The Balaban J connectivity index is 1.86. The molecule has 2 saturated heterocycles. The average molecular weight is 312 g/mol. The molecule has 7 heteroatoms. The van der Waals surface area contributed by atoms with E-state index in [9.17, 15) is 5.26 Å². The van der Waals surface area contributed by atoms with Gasteiger partial charge in [0.15, 0.2) is 5.65 Å². The number of anilines is 1. The van der Waals surface area contributed by atoms with Crippen LogP contribution < -0.4 is 10.2 Å². The smallest absolute Gasteiger partial charge is 0.157 e. The Morgan fingerprint density at radius 3 is 3.17 bits per heavy atom. The normalized spacial score (nSPS) is 28.2. The summed E-state index contributed by atoms with van der Waals surface area (Å²) in [5.41, 5.74) is 1.27. The van der Waals surface area contributed by atoms with Crippen LogP contribution in [-0.4, -0.2) is 54.1 Å². The largest absolute Gasteiger partial charge is 0.377 e. The lowest BCUT2D eigenvalue weighted by Gasteiger charge is -2.35. The molecule has 2 atom stereocenters. The lowest BCUT2D eigenvalue weighted by atomic mass is 9.80. The van der Waals surface area contributed by atoms with E-state index in [1.807, 2.05) is 0 Å². The first-order valence-electron chi connectivity index (χ1n) is 8.04. The van der Waals surface area contributed by atoms with Crippen LogP contribution in [0.5, 0.6) is 0 Å². The van der Waals surface area contributed by atoms with Gasteiger partial charge in [-0.05, 0) is 31.5 Å². The second kappa shape index (κ2) is 5.48. The van der Waals surface area contributed by atoms with Crippen LogP contribution >= 0.6 is 0 Å². The summed E-state index contributed by atoms with van der Waals surface area (Å²) in [6, 6.07) is 4.89. The number of pyridine rings is 1. The molecule has 0 saturated carbocycles. The van der Waals surface area contributed by atoms with Crippen molar-refractivity contribution in [2.75, 3.05) is 37.7 Å². The number of nitriles is 1. The zero-order valence-corrected chi connectivity index (χ0v) is 13.2. The molecule has 2 aliphatic rings. The molecule has 1 unspecified atom stereocenters. The molecule has 0 amide bonds. The third-order valence-electron chi connectivity index (χ3n) is 4.96. The Kier molecular flexibility index (Phi) is 3.43. The maximum Gasteiger partial charge on any atom is 0.157 e. The van der Waals surface area contributed by atoms with Crippen molar-refractivity contribution in [1.82, 2.24) is 20.5 Å². The van der Waals surface area contributed by atoms with Crippen molar-refractivity contribution in [1.29, 1.82) is 5.26 Å². The van der Waals surface area contributed by atoms with E-state index in [1.54, 1.807) is 6.20 Å². The van der Waals surface area contributed by atoms with E-state index in [1.165, 1.54) is 0 Å². The summed E-state index contributed by atoms with van der Waals surface area (Å²) in [6.45, 7) is 5.88. The summed E-state index contributed by atoms with van der Waals surface area (Å²) in [6.07, 6.45) is 2.59. The zero-order chi connectivity index (χ0) is 15.9. The topological polar surface area (TPSA) is 89.9 Å². The molecule has 0 aliphatic carbocycles. The second-order valence-electron chi connectivity index (χ2n) is 6.40. The van der Waals surface area contributed by atoms with Gasteiger partial charge in [-0.25, -0.2) is 4.98 Å². The molecule has 0 aromatic carbocycles.